The minimum Gasteiger partial charge on any atom is -0.481 e. The third-order valence-corrected chi connectivity index (χ3v) is 2.67. The van der Waals surface area contributed by atoms with Gasteiger partial charge in [-0.1, -0.05) is 0 Å². The Balaban J connectivity index is 0.000000157. The van der Waals surface area contributed by atoms with Crippen molar-refractivity contribution in [1.82, 2.24) is 0 Å². The SMILES string of the molecule is CC(=O)O.NCC1CC2CC2C1. The summed E-state index contributed by atoms with van der Waals surface area (Å²) in [5, 5.41) is 7.42. The van der Waals surface area contributed by atoms with E-state index in [2.05, 4.69) is 0 Å². The van der Waals surface area contributed by atoms with Crippen molar-refractivity contribution in [2.75, 3.05) is 6.54 Å². The third kappa shape index (κ3) is 2.81. The van der Waals surface area contributed by atoms with Crippen LogP contribution in [0.25, 0.3) is 0 Å². The van der Waals surface area contributed by atoms with Gasteiger partial charge < -0.3 is 10.8 Å². The monoisotopic (exact) mass is 171 g/mol. The van der Waals surface area contributed by atoms with Crippen LogP contribution in [0.5, 0.6) is 0 Å². The lowest BCUT2D eigenvalue weighted by Gasteiger charge is -2.04. The van der Waals surface area contributed by atoms with Crippen molar-refractivity contribution in [3.05, 3.63) is 0 Å². The maximum absolute atomic E-state index is 9.00. The molecular weight excluding hydrogens is 154 g/mol. The molecule has 0 bridgehead atoms. The lowest BCUT2D eigenvalue weighted by atomic mass is 10.0. The van der Waals surface area contributed by atoms with Gasteiger partial charge in [-0.3, -0.25) is 4.79 Å². The average molecular weight is 171 g/mol. The molecule has 12 heavy (non-hydrogen) atoms. The summed E-state index contributed by atoms with van der Waals surface area (Å²) >= 11 is 0. The molecule has 0 amide bonds. The van der Waals surface area contributed by atoms with Gasteiger partial charge in [0.15, 0.2) is 0 Å². The smallest absolute Gasteiger partial charge is 0.300 e. The standard InChI is InChI=1S/C7H13N.C2H4O2/c8-4-5-1-6-3-7(6)2-5;1-2(3)4/h5-7H,1-4,8H2;1H3,(H,3,4). The molecule has 0 aromatic heterocycles. The first-order valence-corrected chi connectivity index (χ1v) is 4.53. The minimum absolute atomic E-state index is 0.833. The second-order valence-electron chi connectivity index (χ2n) is 3.85. The van der Waals surface area contributed by atoms with Gasteiger partial charge >= 0.3 is 0 Å². The van der Waals surface area contributed by atoms with Crippen LogP contribution < -0.4 is 5.73 Å². The Morgan fingerprint density at radius 1 is 1.42 bits per heavy atom. The molecule has 0 aliphatic heterocycles. The zero-order chi connectivity index (χ0) is 9.14. The second-order valence-corrected chi connectivity index (χ2v) is 3.85. The molecule has 2 fully saturated rings. The average Bonchev–Trinajstić information content (AvgIpc) is 2.58. The molecule has 0 aromatic carbocycles. The summed E-state index contributed by atoms with van der Waals surface area (Å²) in [6, 6.07) is 0. The van der Waals surface area contributed by atoms with Crippen LogP contribution in [0.2, 0.25) is 0 Å². The Labute approximate surface area is 72.9 Å². The minimum atomic E-state index is -0.833. The van der Waals surface area contributed by atoms with E-state index in [0.717, 1.165) is 31.2 Å². The Morgan fingerprint density at radius 3 is 2.08 bits per heavy atom. The number of aliphatic carboxylic acids is 1. The van der Waals surface area contributed by atoms with E-state index in [4.69, 9.17) is 15.6 Å². The number of hydrogen-bond acceptors (Lipinski definition) is 2. The summed E-state index contributed by atoms with van der Waals surface area (Å²) in [6.07, 6.45) is 4.42. The van der Waals surface area contributed by atoms with E-state index in [-0.39, 0.29) is 0 Å². The topological polar surface area (TPSA) is 63.3 Å². The van der Waals surface area contributed by atoms with Crippen LogP contribution in [0.3, 0.4) is 0 Å². The molecule has 3 heteroatoms. The quantitative estimate of drug-likeness (QED) is 0.620. The van der Waals surface area contributed by atoms with Gasteiger partial charge in [0.1, 0.15) is 0 Å². The molecule has 0 aromatic rings. The zero-order valence-electron chi connectivity index (χ0n) is 7.49. The Hall–Kier alpha value is -0.570. The first-order valence-electron chi connectivity index (χ1n) is 4.53. The van der Waals surface area contributed by atoms with Crippen molar-refractivity contribution >= 4 is 5.97 Å². The first-order chi connectivity index (χ1) is 5.63. The number of rotatable bonds is 1. The normalized spacial score (nSPS) is 36.3. The van der Waals surface area contributed by atoms with Crippen molar-refractivity contribution < 1.29 is 9.90 Å². The van der Waals surface area contributed by atoms with Crippen LogP contribution in [0.4, 0.5) is 0 Å². The molecule has 2 rings (SSSR count). The largest absolute Gasteiger partial charge is 0.481 e. The van der Waals surface area contributed by atoms with Crippen LogP contribution in [0.1, 0.15) is 26.2 Å². The first kappa shape index (κ1) is 9.52. The summed E-state index contributed by atoms with van der Waals surface area (Å²) in [4.78, 5) is 9.00. The van der Waals surface area contributed by atoms with Crippen molar-refractivity contribution in [1.29, 1.82) is 0 Å². The van der Waals surface area contributed by atoms with E-state index in [1.54, 1.807) is 0 Å². The Morgan fingerprint density at radius 2 is 1.83 bits per heavy atom. The fraction of sp³-hybridized carbons (Fsp3) is 0.889. The van der Waals surface area contributed by atoms with Crippen molar-refractivity contribution in [3.8, 4) is 0 Å². The van der Waals surface area contributed by atoms with Crippen molar-refractivity contribution in [3.63, 3.8) is 0 Å². The van der Waals surface area contributed by atoms with Gasteiger partial charge in [-0.2, -0.15) is 0 Å². The highest BCUT2D eigenvalue weighted by atomic mass is 16.4. The van der Waals surface area contributed by atoms with E-state index in [1.165, 1.54) is 19.3 Å². The number of fused-ring (bicyclic) bond motifs is 1. The maximum Gasteiger partial charge on any atom is 0.300 e. The van der Waals surface area contributed by atoms with E-state index in [1.807, 2.05) is 0 Å². The maximum atomic E-state index is 9.00. The lowest BCUT2D eigenvalue weighted by Crippen LogP contribution is -2.11. The molecule has 3 N–H and O–H groups in total. The third-order valence-electron chi connectivity index (χ3n) is 2.67. The molecule has 0 heterocycles. The summed E-state index contributed by atoms with van der Waals surface area (Å²) in [7, 11) is 0. The molecule has 2 aliphatic rings. The second kappa shape index (κ2) is 3.90. The van der Waals surface area contributed by atoms with Crippen molar-refractivity contribution in [2.24, 2.45) is 23.5 Å². The summed E-state index contributed by atoms with van der Waals surface area (Å²) in [5.74, 6) is 2.30. The van der Waals surface area contributed by atoms with Crippen LogP contribution in [0, 0.1) is 17.8 Å². The molecule has 70 valence electrons. The molecule has 0 saturated heterocycles. The Bertz CT molecular complexity index is 156. The van der Waals surface area contributed by atoms with Crippen LogP contribution >= 0.6 is 0 Å². The highest BCUT2D eigenvalue weighted by Crippen LogP contribution is 2.53. The van der Waals surface area contributed by atoms with E-state index in [0.29, 0.717) is 0 Å². The highest BCUT2D eigenvalue weighted by molar-refractivity contribution is 5.62. The fourth-order valence-electron chi connectivity index (χ4n) is 2.03. The fourth-order valence-corrected chi connectivity index (χ4v) is 2.03. The molecule has 0 spiro atoms. The van der Waals surface area contributed by atoms with Gasteiger partial charge in [0.2, 0.25) is 0 Å². The van der Waals surface area contributed by atoms with Gasteiger partial charge in [-0.25, -0.2) is 0 Å². The van der Waals surface area contributed by atoms with E-state index >= 15 is 0 Å². The van der Waals surface area contributed by atoms with Gasteiger partial charge in [0.05, 0.1) is 0 Å². The summed E-state index contributed by atoms with van der Waals surface area (Å²) in [6.45, 7) is 2.02. The lowest BCUT2D eigenvalue weighted by molar-refractivity contribution is -0.134. The summed E-state index contributed by atoms with van der Waals surface area (Å²) in [5.41, 5.74) is 5.52. The van der Waals surface area contributed by atoms with Crippen LogP contribution in [-0.2, 0) is 4.79 Å². The number of carbonyl (C=O) groups is 1. The van der Waals surface area contributed by atoms with Crippen LogP contribution in [-0.4, -0.2) is 17.6 Å². The molecule has 2 saturated carbocycles. The molecule has 2 unspecified atom stereocenters. The Kier molecular flexibility index (Phi) is 3.09. The molecule has 0 radical (unpaired) electrons. The zero-order valence-corrected chi connectivity index (χ0v) is 7.49. The number of carboxylic acids is 1. The summed E-state index contributed by atoms with van der Waals surface area (Å²) < 4.78 is 0. The van der Waals surface area contributed by atoms with E-state index < -0.39 is 5.97 Å². The molecule has 3 nitrogen and oxygen atoms in total. The van der Waals surface area contributed by atoms with Crippen LogP contribution in [0.15, 0.2) is 0 Å². The highest BCUT2D eigenvalue weighted by Gasteiger charge is 2.44. The predicted molar refractivity (Wildman–Crippen MR) is 46.7 cm³/mol. The van der Waals surface area contributed by atoms with Gasteiger partial charge in [0.25, 0.3) is 5.97 Å². The number of nitrogens with two attached hydrogens (primary N) is 1. The van der Waals surface area contributed by atoms with Gasteiger partial charge in [0, 0.05) is 6.92 Å². The predicted octanol–water partition coefficient (Wildman–Crippen LogP) is 1.08. The molecule has 2 aliphatic carbocycles. The van der Waals surface area contributed by atoms with Crippen molar-refractivity contribution in [2.45, 2.75) is 26.2 Å². The number of hydrogen-bond donors (Lipinski definition) is 2. The van der Waals surface area contributed by atoms with Gasteiger partial charge in [-0.15, -0.1) is 0 Å². The molecular formula is C9H17NO2. The van der Waals surface area contributed by atoms with E-state index in [9.17, 15) is 0 Å². The molecule has 2 atom stereocenters. The number of carboxylic acid groups (broad SMARTS) is 1. The van der Waals surface area contributed by atoms with Gasteiger partial charge in [-0.05, 0) is 43.6 Å².